The van der Waals surface area contributed by atoms with Crippen LogP contribution in [0, 0.1) is 17.3 Å². The normalized spacial score (nSPS) is 25.7. The molecule has 1 N–H and O–H groups in total. The van der Waals surface area contributed by atoms with Crippen molar-refractivity contribution >= 4 is 11.9 Å². The zero-order valence-electron chi connectivity index (χ0n) is 19.3. The van der Waals surface area contributed by atoms with Gasteiger partial charge in [-0.25, -0.2) is 0 Å². The molecular weight excluding hydrogens is 382 g/mol. The van der Waals surface area contributed by atoms with Crippen molar-refractivity contribution < 1.29 is 23.9 Å². The summed E-state index contributed by atoms with van der Waals surface area (Å²) in [5.74, 6) is 0.247. The van der Waals surface area contributed by atoms with Gasteiger partial charge in [-0.15, -0.1) is 0 Å². The standard InChI is InChI=1S/C24H41NO5/c1-5-6-7-11-16-28-17-20-19(21-13-14-22(20)29-21)12-9-8-10-15-24(3,4)23(27)25-30-18(2)26/h8-9,19-22H,5-7,10-17H2,1-4H3,(H,25,27)/b9-8-/t19-,20+,21-,22+/m1/s1. The van der Waals surface area contributed by atoms with E-state index in [0.29, 0.717) is 30.5 Å². The maximum absolute atomic E-state index is 12.1. The van der Waals surface area contributed by atoms with Crippen LogP contribution in [0.15, 0.2) is 12.2 Å². The molecule has 4 atom stereocenters. The molecule has 172 valence electrons. The Morgan fingerprint density at radius 2 is 1.83 bits per heavy atom. The number of hydrogen-bond acceptors (Lipinski definition) is 5. The maximum Gasteiger partial charge on any atom is 0.329 e. The summed E-state index contributed by atoms with van der Waals surface area (Å²) in [4.78, 5) is 27.6. The molecule has 30 heavy (non-hydrogen) atoms. The number of hydroxylamine groups is 1. The predicted molar refractivity (Wildman–Crippen MR) is 117 cm³/mol. The fraction of sp³-hybridized carbons (Fsp3) is 0.833. The minimum atomic E-state index is -0.594. The van der Waals surface area contributed by atoms with Crippen molar-refractivity contribution in [2.45, 2.75) is 97.7 Å². The first-order valence-corrected chi connectivity index (χ1v) is 11.7. The van der Waals surface area contributed by atoms with Gasteiger partial charge in [-0.3, -0.25) is 9.59 Å². The highest BCUT2D eigenvalue weighted by Crippen LogP contribution is 2.45. The number of fused-ring (bicyclic) bond motifs is 2. The topological polar surface area (TPSA) is 73.9 Å². The third-order valence-electron chi connectivity index (χ3n) is 6.46. The summed E-state index contributed by atoms with van der Waals surface area (Å²) in [7, 11) is 0. The molecule has 2 bridgehead atoms. The smallest absolute Gasteiger partial charge is 0.329 e. The number of rotatable bonds is 13. The minimum Gasteiger partial charge on any atom is -0.381 e. The third-order valence-corrected chi connectivity index (χ3v) is 6.46. The van der Waals surface area contributed by atoms with Crippen LogP contribution in [0.2, 0.25) is 0 Å². The summed E-state index contributed by atoms with van der Waals surface area (Å²) in [6.45, 7) is 8.88. The Balaban J connectivity index is 1.70. The molecule has 2 aliphatic heterocycles. The summed E-state index contributed by atoms with van der Waals surface area (Å²) >= 11 is 0. The van der Waals surface area contributed by atoms with Gasteiger partial charge in [0.25, 0.3) is 5.91 Å². The Hall–Kier alpha value is -1.40. The molecule has 1 amide bonds. The molecule has 0 spiro atoms. The van der Waals surface area contributed by atoms with Gasteiger partial charge in [0.15, 0.2) is 0 Å². The van der Waals surface area contributed by atoms with E-state index in [4.69, 9.17) is 9.47 Å². The number of amides is 1. The molecule has 6 nitrogen and oxygen atoms in total. The lowest BCUT2D eigenvalue weighted by atomic mass is 9.78. The molecule has 2 aliphatic rings. The minimum absolute atomic E-state index is 0.274. The zero-order chi connectivity index (χ0) is 22.0. The Bertz CT molecular complexity index is 574. The fourth-order valence-corrected chi connectivity index (χ4v) is 4.46. The summed E-state index contributed by atoms with van der Waals surface area (Å²) in [5, 5.41) is 0. The lowest BCUT2D eigenvalue weighted by Gasteiger charge is -2.27. The van der Waals surface area contributed by atoms with Crippen LogP contribution >= 0.6 is 0 Å². The van der Waals surface area contributed by atoms with E-state index in [0.717, 1.165) is 32.5 Å². The number of ether oxygens (including phenoxy) is 2. The third kappa shape index (κ3) is 7.69. The second kappa shape index (κ2) is 12.5. The number of hydrogen-bond donors (Lipinski definition) is 1. The second-order valence-corrected chi connectivity index (χ2v) is 9.41. The van der Waals surface area contributed by atoms with Gasteiger partial charge in [0.1, 0.15) is 0 Å². The van der Waals surface area contributed by atoms with Gasteiger partial charge in [-0.1, -0.05) is 52.2 Å². The van der Waals surface area contributed by atoms with Crippen LogP contribution in [0.5, 0.6) is 0 Å². The number of carbonyl (C=O) groups is 2. The van der Waals surface area contributed by atoms with Crippen LogP contribution in [-0.2, 0) is 23.9 Å². The van der Waals surface area contributed by atoms with Crippen LogP contribution in [0.3, 0.4) is 0 Å². The van der Waals surface area contributed by atoms with Gasteiger partial charge in [-0.2, -0.15) is 5.48 Å². The molecule has 0 aromatic carbocycles. The van der Waals surface area contributed by atoms with E-state index in [1.54, 1.807) is 0 Å². The molecule has 0 radical (unpaired) electrons. The lowest BCUT2D eigenvalue weighted by molar-refractivity contribution is -0.159. The first-order chi connectivity index (χ1) is 14.3. The molecule has 0 unspecified atom stereocenters. The lowest BCUT2D eigenvalue weighted by Crippen LogP contribution is -2.37. The molecular formula is C24H41NO5. The van der Waals surface area contributed by atoms with Gasteiger partial charge in [0.05, 0.1) is 18.8 Å². The molecule has 0 aromatic rings. The largest absolute Gasteiger partial charge is 0.381 e. The number of unbranched alkanes of at least 4 members (excludes halogenated alkanes) is 3. The highest BCUT2D eigenvalue weighted by Gasteiger charge is 2.48. The van der Waals surface area contributed by atoms with Crippen molar-refractivity contribution in [3.63, 3.8) is 0 Å². The van der Waals surface area contributed by atoms with Crippen LogP contribution < -0.4 is 5.48 Å². The van der Waals surface area contributed by atoms with Crippen molar-refractivity contribution in [3.8, 4) is 0 Å². The van der Waals surface area contributed by atoms with Gasteiger partial charge >= 0.3 is 5.97 Å². The quantitative estimate of drug-likeness (QED) is 0.263. The van der Waals surface area contributed by atoms with Gasteiger partial charge in [-0.05, 0) is 44.4 Å². The maximum atomic E-state index is 12.1. The van der Waals surface area contributed by atoms with Crippen LogP contribution in [0.25, 0.3) is 0 Å². The van der Waals surface area contributed by atoms with Crippen LogP contribution in [0.1, 0.15) is 85.5 Å². The zero-order valence-corrected chi connectivity index (χ0v) is 19.3. The Kier molecular flexibility index (Phi) is 10.3. The highest BCUT2D eigenvalue weighted by molar-refractivity contribution is 5.82. The first kappa shape index (κ1) is 24.9. The van der Waals surface area contributed by atoms with Gasteiger partial charge in [0.2, 0.25) is 0 Å². The van der Waals surface area contributed by atoms with E-state index >= 15 is 0 Å². The number of allylic oxidation sites excluding steroid dienone is 2. The molecule has 0 aromatic heterocycles. The van der Waals surface area contributed by atoms with E-state index in [-0.39, 0.29) is 5.91 Å². The van der Waals surface area contributed by atoms with Crippen molar-refractivity contribution in [3.05, 3.63) is 12.2 Å². The van der Waals surface area contributed by atoms with Gasteiger partial charge < -0.3 is 14.3 Å². The summed E-state index contributed by atoms with van der Waals surface area (Å²) in [6, 6.07) is 0. The van der Waals surface area contributed by atoms with Gasteiger partial charge in [0, 0.05) is 24.9 Å². The summed E-state index contributed by atoms with van der Waals surface area (Å²) in [5.41, 5.74) is 1.63. The predicted octanol–water partition coefficient (Wildman–Crippen LogP) is 4.72. The van der Waals surface area contributed by atoms with Crippen molar-refractivity contribution in [1.82, 2.24) is 5.48 Å². The summed E-state index contributed by atoms with van der Waals surface area (Å²) in [6.07, 6.45) is 14.9. The van der Waals surface area contributed by atoms with Crippen LogP contribution in [0.4, 0.5) is 0 Å². The Morgan fingerprint density at radius 1 is 1.10 bits per heavy atom. The molecule has 2 fully saturated rings. The van der Waals surface area contributed by atoms with Crippen molar-refractivity contribution in [1.29, 1.82) is 0 Å². The monoisotopic (exact) mass is 423 g/mol. The van der Waals surface area contributed by atoms with E-state index in [1.807, 2.05) is 13.8 Å². The SMILES string of the molecule is CCCCCCOC[C@H]1[C@@H](C/C=C\CCC(C)(C)C(=O)NOC(C)=O)[C@H]2CC[C@@H]1O2. The average molecular weight is 424 g/mol. The molecule has 2 rings (SSSR count). The number of nitrogens with one attached hydrogen (secondary N) is 1. The van der Waals surface area contributed by atoms with E-state index in [1.165, 1.54) is 39.0 Å². The first-order valence-electron chi connectivity index (χ1n) is 11.7. The molecule has 0 saturated carbocycles. The Labute approximate surface area is 182 Å². The number of carbonyl (C=O) groups excluding carboxylic acids is 2. The molecule has 6 heteroatoms. The second-order valence-electron chi connectivity index (χ2n) is 9.41. The molecule has 0 aliphatic carbocycles. The highest BCUT2D eigenvalue weighted by atomic mass is 16.7. The summed E-state index contributed by atoms with van der Waals surface area (Å²) < 4.78 is 12.2. The molecule has 2 saturated heterocycles. The Morgan fingerprint density at radius 3 is 2.53 bits per heavy atom. The molecule has 2 heterocycles. The van der Waals surface area contributed by atoms with E-state index in [9.17, 15) is 9.59 Å². The van der Waals surface area contributed by atoms with E-state index < -0.39 is 11.4 Å². The van der Waals surface area contributed by atoms with Crippen molar-refractivity contribution in [2.24, 2.45) is 17.3 Å². The van der Waals surface area contributed by atoms with Crippen LogP contribution in [-0.4, -0.2) is 37.3 Å². The van der Waals surface area contributed by atoms with Crippen molar-refractivity contribution in [2.75, 3.05) is 13.2 Å². The average Bonchev–Trinajstić information content (AvgIpc) is 3.30. The van der Waals surface area contributed by atoms with E-state index in [2.05, 4.69) is 29.4 Å². The fourth-order valence-electron chi connectivity index (χ4n) is 4.46.